The molecule has 2 rings (SSSR count). The fourth-order valence-electron chi connectivity index (χ4n) is 2.45. The van der Waals surface area contributed by atoms with E-state index in [1.165, 1.54) is 0 Å². The average Bonchev–Trinajstić information content (AvgIpc) is 2.41. The van der Waals surface area contributed by atoms with Gasteiger partial charge in [0.25, 0.3) is 0 Å². The van der Waals surface area contributed by atoms with E-state index in [2.05, 4.69) is 11.9 Å². The van der Waals surface area contributed by atoms with Crippen LogP contribution < -0.4 is 15.2 Å². The first-order valence-corrected chi connectivity index (χ1v) is 6.89. The van der Waals surface area contributed by atoms with Gasteiger partial charge in [0.15, 0.2) is 11.5 Å². The quantitative estimate of drug-likeness (QED) is 0.905. The Morgan fingerprint density at radius 1 is 1.32 bits per heavy atom. The van der Waals surface area contributed by atoms with E-state index in [1.807, 2.05) is 25.1 Å². The van der Waals surface area contributed by atoms with Gasteiger partial charge in [-0.15, -0.1) is 0 Å². The molecular formula is C15H24N2O2. The minimum absolute atomic E-state index is 0.0589. The summed E-state index contributed by atoms with van der Waals surface area (Å²) in [6.45, 7) is 4.12. The Bertz CT molecular complexity index is 413. The number of piperidine rings is 1. The van der Waals surface area contributed by atoms with Crippen LogP contribution in [0.25, 0.3) is 0 Å². The minimum Gasteiger partial charge on any atom is -0.493 e. The largest absolute Gasteiger partial charge is 0.493 e. The molecule has 4 heteroatoms. The van der Waals surface area contributed by atoms with Crippen molar-refractivity contribution in [3.63, 3.8) is 0 Å². The summed E-state index contributed by atoms with van der Waals surface area (Å²) < 4.78 is 11.6. The summed E-state index contributed by atoms with van der Waals surface area (Å²) in [6.07, 6.45) is 2.35. The van der Waals surface area contributed by atoms with Crippen LogP contribution in [0.3, 0.4) is 0 Å². The minimum atomic E-state index is -0.0589. The molecule has 4 nitrogen and oxygen atoms in total. The highest BCUT2D eigenvalue weighted by Crippen LogP contribution is 2.35. The zero-order valence-electron chi connectivity index (χ0n) is 12.1. The first-order chi connectivity index (χ1) is 9.11. The highest BCUT2D eigenvalue weighted by molar-refractivity contribution is 5.48. The van der Waals surface area contributed by atoms with E-state index in [-0.39, 0.29) is 12.1 Å². The second kappa shape index (κ2) is 6.26. The van der Waals surface area contributed by atoms with Gasteiger partial charge in [0.05, 0.1) is 7.11 Å². The number of nitrogens with two attached hydrogens (primary N) is 1. The number of likely N-dealkylation sites (tertiary alicyclic amines) is 1. The van der Waals surface area contributed by atoms with Crippen LogP contribution in [0.15, 0.2) is 18.2 Å². The normalized spacial score (nSPS) is 19.2. The molecule has 1 saturated heterocycles. The fourth-order valence-corrected chi connectivity index (χ4v) is 2.45. The molecule has 1 atom stereocenters. The SMILES string of the molecule is COc1cccc(C(C)N)c1OC1CCN(C)CC1. The van der Waals surface area contributed by atoms with Crippen LogP contribution in [0.1, 0.15) is 31.4 Å². The molecule has 0 aromatic heterocycles. The topological polar surface area (TPSA) is 47.7 Å². The van der Waals surface area contributed by atoms with Crippen molar-refractivity contribution in [3.8, 4) is 11.5 Å². The maximum Gasteiger partial charge on any atom is 0.166 e. The van der Waals surface area contributed by atoms with Gasteiger partial charge in [0.2, 0.25) is 0 Å². The Morgan fingerprint density at radius 2 is 2.00 bits per heavy atom. The van der Waals surface area contributed by atoms with Crippen LogP contribution in [0, 0.1) is 0 Å². The predicted octanol–water partition coefficient (Wildman–Crippen LogP) is 2.19. The Morgan fingerprint density at radius 3 is 2.58 bits per heavy atom. The third-order valence-corrected chi connectivity index (χ3v) is 3.67. The first kappa shape index (κ1) is 14.2. The summed E-state index contributed by atoms with van der Waals surface area (Å²) in [4.78, 5) is 2.33. The summed E-state index contributed by atoms with van der Waals surface area (Å²) in [7, 11) is 3.81. The number of rotatable bonds is 4. The number of hydrogen-bond acceptors (Lipinski definition) is 4. The molecular weight excluding hydrogens is 240 g/mol. The standard InChI is InChI=1S/C15H24N2O2/c1-11(16)13-5-4-6-14(18-3)15(13)19-12-7-9-17(2)10-8-12/h4-6,11-12H,7-10,16H2,1-3H3. The number of benzene rings is 1. The Hall–Kier alpha value is -1.26. The van der Waals surface area contributed by atoms with E-state index in [0.717, 1.165) is 43.0 Å². The zero-order chi connectivity index (χ0) is 13.8. The predicted molar refractivity (Wildman–Crippen MR) is 76.7 cm³/mol. The van der Waals surface area contributed by atoms with Crippen molar-refractivity contribution >= 4 is 0 Å². The maximum absolute atomic E-state index is 6.19. The lowest BCUT2D eigenvalue weighted by atomic mass is 10.1. The number of para-hydroxylation sites is 1. The third-order valence-electron chi connectivity index (χ3n) is 3.67. The van der Waals surface area contributed by atoms with E-state index in [0.29, 0.717) is 0 Å². The monoisotopic (exact) mass is 264 g/mol. The second-order valence-corrected chi connectivity index (χ2v) is 5.29. The van der Waals surface area contributed by atoms with E-state index in [4.69, 9.17) is 15.2 Å². The molecule has 1 unspecified atom stereocenters. The molecule has 1 aliphatic rings. The molecule has 0 amide bonds. The van der Waals surface area contributed by atoms with Gasteiger partial charge >= 0.3 is 0 Å². The number of nitrogens with zero attached hydrogens (tertiary/aromatic N) is 1. The van der Waals surface area contributed by atoms with Crippen LogP contribution in [-0.2, 0) is 0 Å². The third kappa shape index (κ3) is 3.39. The van der Waals surface area contributed by atoms with Gasteiger partial charge in [0, 0.05) is 24.7 Å². The van der Waals surface area contributed by atoms with Crippen molar-refractivity contribution in [1.29, 1.82) is 0 Å². The molecule has 1 fully saturated rings. The number of hydrogen-bond donors (Lipinski definition) is 1. The second-order valence-electron chi connectivity index (χ2n) is 5.29. The number of methoxy groups -OCH3 is 1. The van der Waals surface area contributed by atoms with Crippen LogP contribution in [-0.4, -0.2) is 38.3 Å². The molecule has 0 aliphatic carbocycles. The molecule has 2 N–H and O–H groups in total. The van der Waals surface area contributed by atoms with E-state index < -0.39 is 0 Å². The van der Waals surface area contributed by atoms with Crippen molar-refractivity contribution in [2.45, 2.75) is 31.9 Å². The molecule has 1 aromatic rings. The van der Waals surface area contributed by atoms with Gasteiger partial charge < -0.3 is 20.1 Å². The molecule has 0 bridgehead atoms. The Labute approximate surface area is 115 Å². The van der Waals surface area contributed by atoms with Crippen molar-refractivity contribution in [2.75, 3.05) is 27.2 Å². The fraction of sp³-hybridized carbons (Fsp3) is 0.600. The maximum atomic E-state index is 6.19. The van der Waals surface area contributed by atoms with Crippen LogP contribution in [0.2, 0.25) is 0 Å². The van der Waals surface area contributed by atoms with Crippen LogP contribution >= 0.6 is 0 Å². The molecule has 0 saturated carbocycles. The summed E-state index contributed by atoms with van der Waals surface area (Å²) in [5.41, 5.74) is 7.03. The first-order valence-electron chi connectivity index (χ1n) is 6.89. The lowest BCUT2D eigenvalue weighted by Gasteiger charge is -2.30. The molecule has 1 aromatic carbocycles. The summed E-state index contributed by atoms with van der Waals surface area (Å²) >= 11 is 0. The van der Waals surface area contributed by atoms with Gasteiger partial charge in [-0.3, -0.25) is 0 Å². The molecule has 1 heterocycles. The van der Waals surface area contributed by atoms with E-state index in [1.54, 1.807) is 7.11 Å². The smallest absolute Gasteiger partial charge is 0.166 e. The van der Waals surface area contributed by atoms with E-state index >= 15 is 0 Å². The average molecular weight is 264 g/mol. The zero-order valence-corrected chi connectivity index (χ0v) is 12.1. The van der Waals surface area contributed by atoms with Gasteiger partial charge in [-0.05, 0) is 32.9 Å². The molecule has 1 aliphatic heterocycles. The lowest BCUT2D eigenvalue weighted by molar-refractivity contribution is 0.110. The molecule has 0 radical (unpaired) electrons. The Kier molecular flexibility index (Phi) is 4.66. The van der Waals surface area contributed by atoms with Crippen LogP contribution in [0.4, 0.5) is 0 Å². The van der Waals surface area contributed by atoms with Crippen molar-refractivity contribution in [2.24, 2.45) is 5.73 Å². The lowest BCUT2D eigenvalue weighted by Crippen LogP contribution is -2.36. The molecule has 19 heavy (non-hydrogen) atoms. The van der Waals surface area contributed by atoms with Gasteiger partial charge in [-0.2, -0.15) is 0 Å². The van der Waals surface area contributed by atoms with Gasteiger partial charge in [-0.1, -0.05) is 12.1 Å². The Balaban J connectivity index is 2.18. The van der Waals surface area contributed by atoms with Crippen LogP contribution in [0.5, 0.6) is 11.5 Å². The summed E-state index contributed by atoms with van der Waals surface area (Å²) in [5.74, 6) is 1.59. The van der Waals surface area contributed by atoms with Crippen molar-refractivity contribution < 1.29 is 9.47 Å². The highest BCUT2D eigenvalue weighted by atomic mass is 16.5. The van der Waals surface area contributed by atoms with Gasteiger partial charge in [0.1, 0.15) is 6.10 Å². The van der Waals surface area contributed by atoms with Crippen molar-refractivity contribution in [3.05, 3.63) is 23.8 Å². The summed E-state index contributed by atoms with van der Waals surface area (Å²) in [6, 6.07) is 5.84. The highest BCUT2D eigenvalue weighted by Gasteiger charge is 2.22. The number of ether oxygens (including phenoxy) is 2. The van der Waals surface area contributed by atoms with Gasteiger partial charge in [-0.25, -0.2) is 0 Å². The molecule has 0 spiro atoms. The van der Waals surface area contributed by atoms with Crippen molar-refractivity contribution in [1.82, 2.24) is 4.90 Å². The summed E-state index contributed by atoms with van der Waals surface area (Å²) in [5, 5.41) is 0. The molecule has 106 valence electrons. The van der Waals surface area contributed by atoms with E-state index in [9.17, 15) is 0 Å².